The Labute approximate surface area is 114 Å². The van der Waals surface area contributed by atoms with E-state index >= 15 is 0 Å². The maximum atomic E-state index is 12.4. The fourth-order valence-electron chi connectivity index (χ4n) is 2.86. The first-order valence-electron chi connectivity index (χ1n) is 6.13. The number of Topliss-reactive ketones (excluding diaryl/α,β-unsaturated/α-hetero) is 2. The zero-order valence-electron chi connectivity index (χ0n) is 10.6. The minimum absolute atomic E-state index is 0.00694. The van der Waals surface area contributed by atoms with E-state index < -0.39 is 29.2 Å². The molecule has 0 fully saturated rings. The molecule has 0 saturated heterocycles. The molecule has 102 valence electrons. The van der Waals surface area contributed by atoms with Crippen molar-refractivity contribution in [2.45, 2.75) is 6.92 Å². The van der Waals surface area contributed by atoms with Gasteiger partial charge in [-0.15, -0.1) is 0 Å². The number of ketones is 2. The van der Waals surface area contributed by atoms with Crippen molar-refractivity contribution in [2.75, 3.05) is 0 Å². The molecule has 3 rings (SSSR count). The van der Waals surface area contributed by atoms with Gasteiger partial charge >= 0.3 is 0 Å². The van der Waals surface area contributed by atoms with Crippen LogP contribution in [0.15, 0.2) is 35.6 Å². The lowest BCUT2D eigenvalue weighted by Gasteiger charge is -2.31. The highest BCUT2D eigenvalue weighted by molar-refractivity contribution is 6.19. The van der Waals surface area contributed by atoms with Gasteiger partial charge in [-0.2, -0.15) is 0 Å². The summed E-state index contributed by atoms with van der Waals surface area (Å²) in [5.74, 6) is -3.59. The van der Waals surface area contributed by atoms with Crippen molar-refractivity contribution >= 4 is 11.6 Å². The van der Waals surface area contributed by atoms with Crippen molar-refractivity contribution in [3.8, 4) is 11.5 Å². The number of carbonyl (C=O) groups is 2. The molecule has 2 aliphatic carbocycles. The third kappa shape index (κ3) is 1.56. The summed E-state index contributed by atoms with van der Waals surface area (Å²) in [7, 11) is 0. The van der Waals surface area contributed by atoms with Gasteiger partial charge < -0.3 is 15.3 Å². The molecule has 0 heterocycles. The molecular formula is C15H12O5. The fourth-order valence-corrected chi connectivity index (χ4v) is 2.86. The first-order chi connectivity index (χ1) is 9.40. The Balaban J connectivity index is 2.27. The van der Waals surface area contributed by atoms with E-state index in [9.17, 15) is 24.9 Å². The molecule has 0 amide bonds. The van der Waals surface area contributed by atoms with Gasteiger partial charge in [0, 0.05) is 11.6 Å². The highest BCUT2D eigenvalue weighted by Crippen LogP contribution is 2.42. The number of fused-ring (bicyclic) bond motifs is 2. The Morgan fingerprint density at radius 1 is 1.05 bits per heavy atom. The van der Waals surface area contributed by atoms with Gasteiger partial charge in [-0.05, 0) is 19.1 Å². The summed E-state index contributed by atoms with van der Waals surface area (Å²) < 4.78 is 0. The summed E-state index contributed by atoms with van der Waals surface area (Å²) in [6.07, 6.45) is 3.06. The zero-order chi connectivity index (χ0) is 14.6. The van der Waals surface area contributed by atoms with Crippen LogP contribution in [0.25, 0.3) is 0 Å². The molecule has 3 N–H and O–H groups in total. The van der Waals surface area contributed by atoms with Gasteiger partial charge in [-0.1, -0.05) is 11.6 Å². The molecule has 1 aromatic carbocycles. The minimum Gasteiger partial charge on any atom is -0.511 e. The molecule has 5 heteroatoms. The van der Waals surface area contributed by atoms with Gasteiger partial charge in [0.2, 0.25) is 0 Å². The van der Waals surface area contributed by atoms with E-state index in [1.165, 1.54) is 12.1 Å². The van der Waals surface area contributed by atoms with Crippen molar-refractivity contribution < 1.29 is 24.9 Å². The van der Waals surface area contributed by atoms with Crippen LogP contribution >= 0.6 is 0 Å². The first kappa shape index (κ1) is 12.5. The SMILES string of the molecule is CC1=C[C@H]2C(=O)c3cc(O)cc(O)c3C(=O)[C@@H]2C(O)=C1. The van der Waals surface area contributed by atoms with E-state index in [-0.39, 0.29) is 22.6 Å². The summed E-state index contributed by atoms with van der Waals surface area (Å²) in [5, 5.41) is 29.2. The van der Waals surface area contributed by atoms with E-state index in [4.69, 9.17) is 0 Å². The van der Waals surface area contributed by atoms with Crippen LogP contribution in [0.1, 0.15) is 27.6 Å². The van der Waals surface area contributed by atoms with E-state index in [1.807, 2.05) is 0 Å². The van der Waals surface area contributed by atoms with Crippen LogP contribution in [-0.2, 0) is 0 Å². The van der Waals surface area contributed by atoms with Crippen LogP contribution in [0, 0.1) is 11.8 Å². The summed E-state index contributed by atoms with van der Waals surface area (Å²) in [6, 6.07) is 2.18. The average molecular weight is 272 g/mol. The molecule has 0 bridgehead atoms. The lowest BCUT2D eigenvalue weighted by atomic mass is 9.70. The standard InChI is InChI=1S/C15H12O5/c1-6-2-8-12(10(17)3-6)15(20)13-9(14(8)19)4-7(16)5-11(13)18/h2-5,8,12,16-18H,1H3/t8-,12+/m1/s1. The molecular weight excluding hydrogens is 260 g/mol. The van der Waals surface area contributed by atoms with E-state index in [0.29, 0.717) is 5.57 Å². The van der Waals surface area contributed by atoms with Gasteiger partial charge in [0.25, 0.3) is 0 Å². The number of allylic oxidation sites excluding steroid dienone is 4. The normalized spacial score (nSPS) is 24.6. The Morgan fingerprint density at radius 3 is 2.45 bits per heavy atom. The molecule has 2 atom stereocenters. The lowest BCUT2D eigenvalue weighted by molar-refractivity contribution is 0.0754. The lowest BCUT2D eigenvalue weighted by Crippen LogP contribution is -2.38. The summed E-state index contributed by atoms with van der Waals surface area (Å²) in [5.41, 5.74) is 0.548. The molecule has 0 unspecified atom stereocenters. The number of carbonyl (C=O) groups excluding carboxylic acids is 2. The number of phenols is 2. The summed E-state index contributed by atoms with van der Waals surface area (Å²) >= 11 is 0. The van der Waals surface area contributed by atoms with Crippen LogP contribution in [0.3, 0.4) is 0 Å². The monoisotopic (exact) mass is 272 g/mol. The molecule has 0 spiro atoms. The molecule has 0 aliphatic heterocycles. The molecule has 0 aromatic heterocycles. The maximum absolute atomic E-state index is 12.4. The van der Waals surface area contributed by atoms with Gasteiger partial charge in [-0.3, -0.25) is 9.59 Å². The molecule has 1 aromatic rings. The topological polar surface area (TPSA) is 94.8 Å². The number of aliphatic hydroxyl groups excluding tert-OH is 1. The second-order valence-electron chi connectivity index (χ2n) is 5.10. The molecule has 0 radical (unpaired) electrons. The van der Waals surface area contributed by atoms with Crippen molar-refractivity contribution in [2.24, 2.45) is 11.8 Å². The molecule has 2 aliphatic rings. The first-order valence-corrected chi connectivity index (χ1v) is 6.13. The summed E-state index contributed by atoms with van der Waals surface area (Å²) in [4.78, 5) is 24.9. The number of phenolic OH excluding ortho intramolecular Hbond substituents is 2. The average Bonchev–Trinajstić information content (AvgIpc) is 2.34. The van der Waals surface area contributed by atoms with Gasteiger partial charge in [-0.25, -0.2) is 0 Å². The number of aliphatic hydroxyl groups is 1. The number of hydrogen-bond acceptors (Lipinski definition) is 5. The number of aromatic hydroxyl groups is 2. The van der Waals surface area contributed by atoms with Crippen molar-refractivity contribution in [3.05, 3.63) is 46.7 Å². The number of benzene rings is 1. The maximum Gasteiger partial charge on any atom is 0.178 e. The Hall–Kier alpha value is -2.56. The quantitative estimate of drug-likeness (QED) is 0.672. The van der Waals surface area contributed by atoms with Crippen LogP contribution in [-0.4, -0.2) is 26.9 Å². The smallest absolute Gasteiger partial charge is 0.178 e. The van der Waals surface area contributed by atoms with Crippen molar-refractivity contribution in [1.82, 2.24) is 0 Å². The predicted octanol–water partition coefficient (Wildman–Crippen LogP) is 2.11. The largest absolute Gasteiger partial charge is 0.511 e. The van der Waals surface area contributed by atoms with Crippen LogP contribution < -0.4 is 0 Å². The van der Waals surface area contributed by atoms with E-state index in [0.717, 1.165) is 6.07 Å². The van der Waals surface area contributed by atoms with Gasteiger partial charge in [0.1, 0.15) is 17.3 Å². The van der Waals surface area contributed by atoms with E-state index in [1.54, 1.807) is 13.0 Å². The number of hydrogen-bond donors (Lipinski definition) is 3. The molecule has 0 saturated carbocycles. The number of rotatable bonds is 0. The molecule has 5 nitrogen and oxygen atoms in total. The highest BCUT2D eigenvalue weighted by atomic mass is 16.3. The van der Waals surface area contributed by atoms with Gasteiger partial charge in [0.05, 0.1) is 17.4 Å². The van der Waals surface area contributed by atoms with Gasteiger partial charge in [0.15, 0.2) is 11.6 Å². The third-order valence-corrected chi connectivity index (χ3v) is 3.70. The Morgan fingerprint density at radius 2 is 1.75 bits per heavy atom. The predicted molar refractivity (Wildman–Crippen MR) is 69.9 cm³/mol. The van der Waals surface area contributed by atoms with Crippen LogP contribution in [0.5, 0.6) is 11.5 Å². The minimum atomic E-state index is -0.992. The molecule has 20 heavy (non-hydrogen) atoms. The Bertz CT molecular complexity index is 711. The second-order valence-corrected chi connectivity index (χ2v) is 5.10. The fraction of sp³-hybridized carbons (Fsp3) is 0.200. The van der Waals surface area contributed by atoms with E-state index in [2.05, 4.69) is 0 Å². The highest BCUT2D eigenvalue weighted by Gasteiger charge is 2.45. The van der Waals surface area contributed by atoms with Crippen LogP contribution in [0.2, 0.25) is 0 Å². The van der Waals surface area contributed by atoms with Crippen molar-refractivity contribution in [3.63, 3.8) is 0 Å². The van der Waals surface area contributed by atoms with Crippen molar-refractivity contribution in [1.29, 1.82) is 0 Å². The zero-order valence-corrected chi connectivity index (χ0v) is 10.6. The Kier molecular flexibility index (Phi) is 2.47. The second kappa shape index (κ2) is 3.96. The summed E-state index contributed by atoms with van der Waals surface area (Å²) in [6.45, 7) is 1.72. The van der Waals surface area contributed by atoms with Crippen LogP contribution in [0.4, 0.5) is 0 Å². The third-order valence-electron chi connectivity index (χ3n) is 3.70.